The molecule has 0 spiro atoms. The van der Waals surface area contributed by atoms with Crippen molar-refractivity contribution in [2.75, 3.05) is 27.4 Å². The molecule has 2 aromatic heterocycles. The summed E-state index contributed by atoms with van der Waals surface area (Å²) in [4.78, 5) is 24.9. The molecule has 0 saturated carbocycles. The van der Waals surface area contributed by atoms with E-state index in [0.717, 1.165) is 5.54 Å². The number of nitrogens with zero attached hydrogens (tertiary/aromatic N) is 3. The number of ether oxygens (including phenoxy) is 3. The molecule has 0 bridgehead atoms. The van der Waals surface area contributed by atoms with E-state index in [2.05, 4.69) is 20.3 Å². The van der Waals surface area contributed by atoms with E-state index in [1.165, 1.54) is 32.6 Å². The number of fused-ring (bicyclic) bond motifs is 1. The van der Waals surface area contributed by atoms with Crippen LogP contribution in [0, 0.1) is 11.7 Å². The van der Waals surface area contributed by atoms with Crippen LogP contribution in [-0.2, 0) is 16.0 Å². The molecule has 1 aliphatic heterocycles. The van der Waals surface area contributed by atoms with Gasteiger partial charge in [-0.1, -0.05) is 23.2 Å². The number of methoxy groups -OCH3 is 2. The molecular weight excluding hydrogens is 518 g/mol. The van der Waals surface area contributed by atoms with Gasteiger partial charge in [0.2, 0.25) is 17.4 Å². The Balaban J connectivity index is 1.59. The monoisotopic (exact) mass is 540 g/mol. The van der Waals surface area contributed by atoms with Gasteiger partial charge in [-0.05, 0) is 6.42 Å². The Labute approximate surface area is 215 Å². The van der Waals surface area contributed by atoms with Gasteiger partial charge in [-0.3, -0.25) is 4.79 Å². The van der Waals surface area contributed by atoms with Crippen molar-refractivity contribution in [3.8, 4) is 11.5 Å². The third kappa shape index (κ3) is 5.39. The summed E-state index contributed by atoms with van der Waals surface area (Å²) in [5.41, 5.74) is 1.20. The number of rotatable bonds is 8. The fraction of sp³-hybridized carbons (Fsp3) is 0.391. The summed E-state index contributed by atoms with van der Waals surface area (Å²) < 4.78 is 36.3. The SMILES string of the molecule is COc1cc(OC)c(Cl)c(C(O)c2nc3nc(CC4COCCC4NC(=O)C=CCl)ncc3o2)c1F. The van der Waals surface area contributed by atoms with Crippen molar-refractivity contribution < 1.29 is 32.9 Å². The molecule has 0 radical (unpaired) electrons. The normalized spacial score (nSPS) is 18.9. The maximum absolute atomic E-state index is 15.0. The Morgan fingerprint density at radius 2 is 2.14 bits per heavy atom. The van der Waals surface area contributed by atoms with E-state index in [9.17, 15) is 14.3 Å². The minimum absolute atomic E-state index is 0.0852. The van der Waals surface area contributed by atoms with Crippen LogP contribution in [-0.4, -0.2) is 59.4 Å². The second-order valence-corrected chi connectivity index (χ2v) is 8.62. The summed E-state index contributed by atoms with van der Waals surface area (Å²) in [6.45, 7) is 0.930. The first-order valence-corrected chi connectivity index (χ1v) is 11.7. The highest BCUT2D eigenvalue weighted by Crippen LogP contribution is 2.41. The van der Waals surface area contributed by atoms with Crippen molar-refractivity contribution in [1.82, 2.24) is 20.3 Å². The number of halogens is 3. The van der Waals surface area contributed by atoms with Crippen LogP contribution in [0.5, 0.6) is 11.5 Å². The number of amides is 1. The standard InChI is InChI=1S/C23H23Cl2FN4O6/c1-33-13-8-14(34-2)20(26)18(19(13)25)21(32)23-30-22-15(36-23)9-27-16(29-22)7-11-10-35-6-4-12(11)28-17(31)3-5-24/h3,5,8-9,11-12,21,32H,4,6-7,10H2,1-2H3,(H,28,31). The van der Waals surface area contributed by atoms with Crippen molar-refractivity contribution in [2.24, 2.45) is 5.92 Å². The number of carbonyl (C=O) groups excluding carboxylic acids is 1. The first kappa shape index (κ1) is 26.1. The maximum atomic E-state index is 15.0. The number of hydrogen-bond donors (Lipinski definition) is 2. The van der Waals surface area contributed by atoms with Gasteiger partial charge in [0.15, 0.2) is 23.3 Å². The van der Waals surface area contributed by atoms with Gasteiger partial charge in [-0.25, -0.2) is 14.4 Å². The van der Waals surface area contributed by atoms with E-state index < -0.39 is 11.9 Å². The molecule has 36 heavy (non-hydrogen) atoms. The lowest BCUT2D eigenvalue weighted by Crippen LogP contribution is -2.46. The van der Waals surface area contributed by atoms with E-state index >= 15 is 0 Å². The van der Waals surface area contributed by atoms with E-state index in [1.807, 2.05) is 0 Å². The average Bonchev–Trinajstić information content (AvgIpc) is 3.29. The number of oxazole rings is 1. The molecule has 3 unspecified atom stereocenters. The zero-order valence-electron chi connectivity index (χ0n) is 19.3. The van der Waals surface area contributed by atoms with Crippen LogP contribution in [0.1, 0.15) is 29.8 Å². The van der Waals surface area contributed by atoms with Crippen LogP contribution in [0.3, 0.4) is 0 Å². The van der Waals surface area contributed by atoms with Crippen LogP contribution in [0.15, 0.2) is 28.3 Å². The smallest absolute Gasteiger partial charge is 0.245 e. The average molecular weight is 541 g/mol. The topological polar surface area (TPSA) is 129 Å². The van der Waals surface area contributed by atoms with Crippen LogP contribution in [0.25, 0.3) is 11.2 Å². The molecule has 2 N–H and O–H groups in total. The Morgan fingerprint density at radius 3 is 2.86 bits per heavy atom. The third-order valence-electron chi connectivity index (χ3n) is 5.79. The molecule has 0 aliphatic carbocycles. The zero-order valence-corrected chi connectivity index (χ0v) is 20.8. The van der Waals surface area contributed by atoms with Gasteiger partial charge in [0.25, 0.3) is 0 Å². The molecule has 13 heteroatoms. The summed E-state index contributed by atoms with van der Waals surface area (Å²) in [6.07, 6.45) is 2.01. The first-order chi connectivity index (χ1) is 17.4. The molecule has 4 rings (SSSR count). The highest BCUT2D eigenvalue weighted by atomic mass is 35.5. The number of benzene rings is 1. The lowest BCUT2D eigenvalue weighted by Gasteiger charge is -2.31. The summed E-state index contributed by atoms with van der Waals surface area (Å²) >= 11 is 11.7. The Hall–Kier alpha value is -2.99. The molecule has 3 heterocycles. The molecule has 1 saturated heterocycles. The second-order valence-electron chi connectivity index (χ2n) is 7.99. The predicted octanol–water partition coefficient (Wildman–Crippen LogP) is 3.33. The van der Waals surface area contributed by atoms with E-state index in [-0.39, 0.29) is 57.1 Å². The highest BCUT2D eigenvalue weighted by molar-refractivity contribution is 6.33. The number of carbonyl (C=O) groups is 1. The molecular formula is C23H23Cl2FN4O6. The van der Waals surface area contributed by atoms with Crippen LogP contribution in [0.2, 0.25) is 5.02 Å². The Bertz CT molecular complexity index is 1260. The number of aromatic nitrogens is 3. The highest BCUT2D eigenvalue weighted by Gasteiger charge is 2.30. The predicted molar refractivity (Wildman–Crippen MR) is 128 cm³/mol. The molecule has 3 aromatic rings. The number of nitrogens with one attached hydrogen (secondary N) is 1. The third-order valence-corrected chi connectivity index (χ3v) is 6.31. The summed E-state index contributed by atoms with van der Waals surface area (Å²) in [6, 6.07) is 1.12. The first-order valence-electron chi connectivity index (χ1n) is 10.9. The van der Waals surface area contributed by atoms with E-state index in [0.29, 0.717) is 31.9 Å². The van der Waals surface area contributed by atoms with Gasteiger partial charge in [0.1, 0.15) is 11.6 Å². The summed E-state index contributed by atoms with van der Waals surface area (Å²) in [5.74, 6) is -1.11. The second kappa shape index (κ2) is 11.4. The number of aliphatic hydroxyl groups is 1. The molecule has 1 fully saturated rings. The number of hydrogen-bond acceptors (Lipinski definition) is 9. The summed E-state index contributed by atoms with van der Waals surface area (Å²) in [5, 5.41) is 13.6. The van der Waals surface area contributed by atoms with Gasteiger partial charge < -0.3 is 29.1 Å². The zero-order chi connectivity index (χ0) is 25.8. The van der Waals surface area contributed by atoms with Crippen LogP contribution in [0.4, 0.5) is 4.39 Å². The quantitative estimate of drug-likeness (QED) is 0.413. The maximum Gasteiger partial charge on any atom is 0.245 e. The lowest BCUT2D eigenvalue weighted by molar-refractivity contribution is -0.118. The minimum atomic E-state index is -1.67. The van der Waals surface area contributed by atoms with Crippen molar-refractivity contribution in [3.05, 3.63) is 52.0 Å². The fourth-order valence-corrected chi connectivity index (χ4v) is 4.42. The van der Waals surface area contributed by atoms with Crippen LogP contribution < -0.4 is 14.8 Å². The van der Waals surface area contributed by atoms with Crippen molar-refractivity contribution in [3.63, 3.8) is 0 Å². The molecule has 1 aliphatic rings. The van der Waals surface area contributed by atoms with Gasteiger partial charge >= 0.3 is 0 Å². The van der Waals surface area contributed by atoms with Gasteiger partial charge in [-0.15, -0.1) is 0 Å². The van der Waals surface area contributed by atoms with Crippen molar-refractivity contribution in [2.45, 2.75) is 25.0 Å². The minimum Gasteiger partial charge on any atom is -0.495 e. The largest absolute Gasteiger partial charge is 0.495 e. The molecule has 3 atom stereocenters. The number of aliphatic hydroxyl groups excluding tert-OH is 1. The Kier molecular flexibility index (Phi) is 8.24. The molecule has 192 valence electrons. The fourth-order valence-electron chi connectivity index (χ4n) is 3.98. The van der Waals surface area contributed by atoms with E-state index in [4.69, 9.17) is 41.8 Å². The van der Waals surface area contributed by atoms with E-state index in [1.54, 1.807) is 0 Å². The Morgan fingerprint density at radius 1 is 1.36 bits per heavy atom. The van der Waals surface area contributed by atoms with Gasteiger partial charge in [0, 0.05) is 42.7 Å². The summed E-state index contributed by atoms with van der Waals surface area (Å²) in [7, 11) is 2.63. The molecule has 1 amide bonds. The molecule has 1 aromatic carbocycles. The molecule has 10 nitrogen and oxygen atoms in total. The van der Waals surface area contributed by atoms with Crippen molar-refractivity contribution >= 4 is 40.3 Å². The lowest BCUT2D eigenvalue weighted by atomic mass is 9.92. The van der Waals surface area contributed by atoms with Gasteiger partial charge in [0.05, 0.1) is 37.6 Å². The van der Waals surface area contributed by atoms with Crippen molar-refractivity contribution in [1.29, 1.82) is 0 Å². The van der Waals surface area contributed by atoms with Gasteiger partial charge in [-0.2, -0.15) is 4.98 Å². The van der Waals surface area contributed by atoms with Crippen LogP contribution >= 0.6 is 23.2 Å².